The van der Waals surface area contributed by atoms with E-state index in [4.69, 9.17) is 0 Å². The van der Waals surface area contributed by atoms with Crippen molar-refractivity contribution < 1.29 is 8.78 Å². The maximum absolute atomic E-state index is 12.8. The van der Waals surface area contributed by atoms with Gasteiger partial charge in [0.2, 0.25) is 0 Å². The molecule has 0 saturated heterocycles. The van der Waals surface area contributed by atoms with E-state index in [0.29, 0.717) is 6.54 Å². The van der Waals surface area contributed by atoms with E-state index in [1.165, 1.54) is 6.07 Å². The van der Waals surface area contributed by atoms with Gasteiger partial charge in [-0.3, -0.25) is 0 Å². The molecule has 0 amide bonds. The Morgan fingerprint density at radius 1 is 1.29 bits per heavy atom. The molecule has 1 nitrogen and oxygen atoms in total. The van der Waals surface area contributed by atoms with Gasteiger partial charge in [0, 0.05) is 18.4 Å². The van der Waals surface area contributed by atoms with Crippen LogP contribution in [0, 0.1) is 11.6 Å². The normalized spacial score (nSPS) is 10.9. The summed E-state index contributed by atoms with van der Waals surface area (Å²) in [6.07, 6.45) is 0. The molecule has 0 aliphatic rings. The van der Waals surface area contributed by atoms with Crippen LogP contribution in [0.2, 0.25) is 0 Å². The van der Waals surface area contributed by atoms with Gasteiger partial charge in [-0.2, -0.15) is 0 Å². The zero-order valence-corrected chi connectivity index (χ0v) is 9.52. The molecule has 0 spiro atoms. The molecule has 0 N–H and O–H groups in total. The fraction of sp³-hybridized carbons (Fsp3) is 0.400. The van der Waals surface area contributed by atoms with Gasteiger partial charge in [-0.05, 0) is 24.7 Å². The molecule has 14 heavy (non-hydrogen) atoms. The van der Waals surface area contributed by atoms with Crippen molar-refractivity contribution in [1.29, 1.82) is 0 Å². The smallest absolute Gasteiger partial charge is 0.159 e. The van der Waals surface area contributed by atoms with E-state index in [-0.39, 0.29) is 0 Å². The monoisotopic (exact) mass is 263 g/mol. The van der Waals surface area contributed by atoms with Crippen molar-refractivity contribution in [2.75, 3.05) is 18.9 Å². The number of rotatable bonds is 4. The largest absolute Gasteiger partial charge is 0.301 e. The fourth-order valence-corrected chi connectivity index (χ4v) is 1.78. The molecule has 0 saturated carbocycles. The molecule has 0 heterocycles. The Morgan fingerprint density at radius 2 is 2.00 bits per heavy atom. The molecule has 1 aromatic rings. The van der Waals surface area contributed by atoms with Gasteiger partial charge >= 0.3 is 0 Å². The number of nitrogens with zero attached hydrogens (tertiary/aromatic N) is 1. The van der Waals surface area contributed by atoms with Crippen molar-refractivity contribution >= 4 is 15.9 Å². The Balaban J connectivity index is 2.63. The van der Waals surface area contributed by atoms with Crippen molar-refractivity contribution in [3.63, 3.8) is 0 Å². The minimum Gasteiger partial charge on any atom is -0.301 e. The molecular weight excluding hydrogens is 252 g/mol. The van der Waals surface area contributed by atoms with Gasteiger partial charge in [0.25, 0.3) is 0 Å². The summed E-state index contributed by atoms with van der Waals surface area (Å²) in [7, 11) is 1.93. The van der Waals surface area contributed by atoms with Crippen molar-refractivity contribution in [3.8, 4) is 0 Å². The van der Waals surface area contributed by atoms with Crippen LogP contribution in [0.3, 0.4) is 0 Å². The molecule has 78 valence electrons. The Bertz CT molecular complexity index is 304. The van der Waals surface area contributed by atoms with Gasteiger partial charge in [-0.1, -0.05) is 22.0 Å². The predicted octanol–water partition coefficient (Wildman–Crippen LogP) is 2.79. The first-order chi connectivity index (χ1) is 6.63. The lowest BCUT2D eigenvalue weighted by molar-refractivity contribution is 0.348. The number of hydrogen-bond acceptors (Lipinski definition) is 1. The third kappa shape index (κ3) is 3.35. The van der Waals surface area contributed by atoms with Crippen LogP contribution in [0.15, 0.2) is 18.2 Å². The maximum Gasteiger partial charge on any atom is 0.159 e. The van der Waals surface area contributed by atoms with E-state index < -0.39 is 11.6 Å². The van der Waals surface area contributed by atoms with Gasteiger partial charge < -0.3 is 4.90 Å². The van der Waals surface area contributed by atoms with Crippen molar-refractivity contribution in [1.82, 2.24) is 4.90 Å². The molecule has 0 radical (unpaired) electrons. The average molecular weight is 264 g/mol. The molecule has 1 aromatic carbocycles. The second-order valence-corrected chi connectivity index (χ2v) is 3.97. The highest BCUT2D eigenvalue weighted by atomic mass is 79.9. The van der Waals surface area contributed by atoms with Gasteiger partial charge in [0.05, 0.1) is 0 Å². The summed E-state index contributed by atoms with van der Waals surface area (Å²) in [4.78, 5) is 2.03. The van der Waals surface area contributed by atoms with Crippen LogP contribution in [0.4, 0.5) is 8.78 Å². The number of hydrogen-bond donors (Lipinski definition) is 0. The van der Waals surface area contributed by atoms with E-state index in [9.17, 15) is 8.78 Å². The first kappa shape index (κ1) is 11.6. The van der Waals surface area contributed by atoms with E-state index >= 15 is 0 Å². The van der Waals surface area contributed by atoms with Gasteiger partial charge in [-0.25, -0.2) is 8.78 Å². The zero-order valence-electron chi connectivity index (χ0n) is 7.93. The van der Waals surface area contributed by atoms with Crippen LogP contribution in [-0.4, -0.2) is 23.8 Å². The highest BCUT2D eigenvalue weighted by molar-refractivity contribution is 9.09. The number of benzene rings is 1. The third-order valence-electron chi connectivity index (χ3n) is 1.90. The molecule has 0 aliphatic heterocycles. The van der Waals surface area contributed by atoms with Crippen LogP contribution < -0.4 is 0 Å². The summed E-state index contributed by atoms with van der Waals surface area (Å²) in [5.74, 6) is -1.58. The van der Waals surface area contributed by atoms with Gasteiger partial charge in [0.15, 0.2) is 11.6 Å². The summed E-state index contributed by atoms with van der Waals surface area (Å²) < 4.78 is 25.4. The Hall–Kier alpha value is -0.480. The summed E-state index contributed by atoms with van der Waals surface area (Å²) in [6, 6.07) is 4.00. The zero-order chi connectivity index (χ0) is 10.6. The topological polar surface area (TPSA) is 3.24 Å². The molecule has 0 unspecified atom stereocenters. The number of alkyl halides is 1. The van der Waals surface area contributed by atoms with Gasteiger partial charge in [-0.15, -0.1) is 0 Å². The summed E-state index contributed by atoms with van der Waals surface area (Å²) in [6.45, 7) is 1.50. The number of halogens is 3. The van der Waals surface area contributed by atoms with E-state index in [1.807, 2.05) is 11.9 Å². The minimum atomic E-state index is -0.795. The fourth-order valence-electron chi connectivity index (χ4n) is 1.17. The summed E-state index contributed by atoms with van der Waals surface area (Å²) >= 11 is 3.31. The quantitative estimate of drug-likeness (QED) is 0.756. The molecular formula is C10H12BrF2N. The lowest BCUT2D eigenvalue weighted by Crippen LogP contribution is -2.19. The van der Waals surface area contributed by atoms with E-state index in [2.05, 4.69) is 15.9 Å². The minimum absolute atomic E-state index is 0.628. The SMILES string of the molecule is CN(CCBr)Cc1ccc(F)c(F)c1. The van der Waals surface area contributed by atoms with Crippen LogP contribution in [0.25, 0.3) is 0 Å². The Kier molecular flexibility index (Phi) is 4.48. The second-order valence-electron chi connectivity index (χ2n) is 3.18. The van der Waals surface area contributed by atoms with Crippen LogP contribution in [-0.2, 0) is 6.54 Å². The molecule has 0 fully saturated rings. The van der Waals surface area contributed by atoms with Crippen LogP contribution in [0.5, 0.6) is 0 Å². The molecule has 0 bridgehead atoms. The Labute approximate surface area is 90.8 Å². The maximum atomic E-state index is 12.8. The van der Waals surface area contributed by atoms with Crippen molar-refractivity contribution in [3.05, 3.63) is 35.4 Å². The lowest BCUT2D eigenvalue weighted by Gasteiger charge is -2.14. The standard InChI is InChI=1S/C10H12BrF2N/c1-14(5-4-11)7-8-2-3-9(12)10(13)6-8/h2-3,6H,4-5,7H2,1H3. The first-order valence-corrected chi connectivity index (χ1v) is 5.44. The van der Waals surface area contributed by atoms with Crippen molar-refractivity contribution in [2.24, 2.45) is 0 Å². The average Bonchev–Trinajstić information content (AvgIpc) is 2.12. The molecule has 0 aromatic heterocycles. The van der Waals surface area contributed by atoms with Crippen LogP contribution in [0.1, 0.15) is 5.56 Å². The van der Waals surface area contributed by atoms with Gasteiger partial charge in [0.1, 0.15) is 0 Å². The van der Waals surface area contributed by atoms with Crippen LogP contribution >= 0.6 is 15.9 Å². The molecule has 0 atom stereocenters. The predicted molar refractivity (Wildman–Crippen MR) is 56.5 cm³/mol. The van der Waals surface area contributed by atoms with E-state index in [1.54, 1.807) is 6.07 Å². The molecule has 0 aliphatic carbocycles. The molecule has 1 rings (SSSR count). The summed E-state index contributed by atoms with van der Waals surface area (Å²) in [5.41, 5.74) is 0.785. The Morgan fingerprint density at radius 3 is 2.57 bits per heavy atom. The highest BCUT2D eigenvalue weighted by Gasteiger charge is 2.04. The molecule has 4 heteroatoms. The summed E-state index contributed by atoms with van der Waals surface area (Å²) in [5, 5.41) is 0.868. The third-order valence-corrected chi connectivity index (χ3v) is 2.26. The van der Waals surface area contributed by atoms with E-state index in [0.717, 1.165) is 23.5 Å². The van der Waals surface area contributed by atoms with Crippen molar-refractivity contribution in [2.45, 2.75) is 6.54 Å². The lowest BCUT2D eigenvalue weighted by atomic mass is 10.2. The second kappa shape index (κ2) is 5.41. The highest BCUT2D eigenvalue weighted by Crippen LogP contribution is 2.10. The first-order valence-electron chi connectivity index (χ1n) is 4.32.